The Morgan fingerprint density at radius 2 is 1.88 bits per heavy atom. The van der Waals surface area contributed by atoms with Crippen LogP contribution >= 0.6 is 23.2 Å². The summed E-state index contributed by atoms with van der Waals surface area (Å²) in [5, 5.41) is 16.6. The van der Waals surface area contributed by atoms with Crippen LogP contribution in [0.1, 0.15) is 12.0 Å². The summed E-state index contributed by atoms with van der Waals surface area (Å²) < 4.78 is 0. The van der Waals surface area contributed by atoms with Gasteiger partial charge in [0.15, 0.2) is 0 Å². The highest BCUT2D eigenvalue weighted by Crippen LogP contribution is 2.33. The van der Waals surface area contributed by atoms with Gasteiger partial charge in [-0.2, -0.15) is 0 Å². The van der Waals surface area contributed by atoms with Gasteiger partial charge in [0.25, 0.3) is 0 Å². The van der Waals surface area contributed by atoms with Crippen molar-refractivity contribution in [3.05, 3.63) is 58.1 Å². The molecule has 126 valence electrons. The van der Waals surface area contributed by atoms with E-state index in [9.17, 15) is 4.79 Å². The van der Waals surface area contributed by atoms with E-state index in [4.69, 9.17) is 33.1 Å². The predicted octanol–water partition coefficient (Wildman–Crippen LogP) is 4.76. The molecule has 0 unspecified atom stereocenters. The van der Waals surface area contributed by atoms with Crippen molar-refractivity contribution in [2.45, 2.75) is 12.8 Å². The molecular weight excluding hydrogens is 351 g/mol. The summed E-state index contributed by atoms with van der Waals surface area (Å²) in [5.74, 6) is -0.920. The molecular formula is C17H16Cl2N2O3. The van der Waals surface area contributed by atoms with Crippen LogP contribution in [-0.4, -0.2) is 23.9 Å². The van der Waals surface area contributed by atoms with Crippen molar-refractivity contribution in [2.75, 3.05) is 11.9 Å². The van der Waals surface area contributed by atoms with E-state index < -0.39 is 5.97 Å². The van der Waals surface area contributed by atoms with Gasteiger partial charge in [0.1, 0.15) is 6.61 Å². The zero-order chi connectivity index (χ0) is 17.4. The van der Waals surface area contributed by atoms with Crippen LogP contribution in [0.3, 0.4) is 0 Å². The molecule has 24 heavy (non-hydrogen) atoms. The molecule has 0 aliphatic heterocycles. The van der Waals surface area contributed by atoms with Gasteiger partial charge < -0.3 is 15.3 Å². The summed E-state index contributed by atoms with van der Waals surface area (Å²) in [6.07, 6.45) is 2.01. The van der Waals surface area contributed by atoms with Gasteiger partial charge in [-0.1, -0.05) is 52.6 Å². The fourth-order valence-electron chi connectivity index (χ4n) is 1.95. The predicted molar refractivity (Wildman–Crippen MR) is 96.6 cm³/mol. The first-order chi connectivity index (χ1) is 11.6. The molecule has 0 amide bonds. The average molecular weight is 367 g/mol. The molecule has 0 bridgehead atoms. The lowest BCUT2D eigenvalue weighted by Crippen LogP contribution is -2.00. The lowest BCUT2D eigenvalue weighted by atomic mass is 10.1. The van der Waals surface area contributed by atoms with Crippen molar-refractivity contribution in [2.24, 2.45) is 5.16 Å². The molecule has 0 aromatic heterocycles. The second kappa shape index (κ2) is 9.15. The maximum absolute atomic E-state index is 10.4. The molecule has 0 fully saturated rings. The minimum absolute atomic E-state index is 0.0426. The van der Waals surface area contributed by atoms with Crippen LogP contribution in [0.5, 0.6) is 0 Å². The number of oxime groups is 1. The molecule has 7 heteroatoms. The van der Waals surface area contributed by atoms with Gasteiger partial charge in [0.05, 0.1) is 22.2 Å². The number of carboxylic acid groups (broad SMARTS) is 1. The third-order valence-electron chi connectivity index (χ3n) is 3.11. The Morgan fingerprint density at radius 3 is 2.58 bits per heavy atom. The molecule has 0 heterocycles. The van der Waals surface area contributed by atoms with Gasteiger partial charge in [0, 0.05) is 18.3 Å². The van der Waals surface area contributed by atoms with E-state index in [0.717, 1.165) is 11.3 Å². The van der Waals surface area contributed by atoms with Gasteiger partial charge in [-0.15, -0.1) is 0 Å². The second-order valence-corrected chi connectivity index (χ2v) is 5.66. The summed E-state index contributed by atoms with van der Waals surface area (Å²) in [4.78, 5) is 15.3. The van der Waals surface area contributed by atoms with Gasteiger partial charge in [-0.25, -0.2) is 0 Å². The molecule has 2 rings (SSSR count). The van der Waals surface area contributed by atoms with Gasteiger partial charge in [0.2, 0.25) is 0 Å². The summed E-state index contributed by atoms with van der Waals surface area (Å²) in [6, 6.07) is 13.0. The Hall–Kier alpha value is -2.24. The van der Waals surface area contributed by atoms with Crippen LogP contribution in [0.2, 0.25) is 10.0 Å². The SMILES string of the molecule is O=C(O)CCON=CCc1ccccc1Nc1c(Cl)cccc1Cl. The standard InChI is InChI=1S/C17H16Cl2N2O3/c18-13-5-3-6-14(19)17(13)21-15-7-2-1-4-12(15)8-10-20-24-11-9-16(22)23/h1-7,10,21H,8-9,11H2,(H,22,23). The monoisotopic (exact) mass is 366 g/mol. The van der Waals surface area contributed by atoms with Gasteiger partial charge >= 0.3 is 5.97 Å². The second-order valence-electron chi connectivity index (χ2n) is 4.85. The highest BCUT2D eigenvalue weighted by atomic mass is 35.5. The van der Waals surface area contributed by atoms with Crippen molar-refractivity contribution < 1.29 is 14.7 Å². The van der Waals surface area contributed by atoms with E-state index in [1.165, 1.54) is 0 Å². The first-order valence-corrected chi connectivity index (χ1v) is 7.98. The lowest BCUT2D eigenvalue weighted by molar-refractivity contribution is -0.138. The number of halogens is 2. The van der Waals surface area contributed by atoms with Gasteiger partial charge in [-0.05, 0) is 23.8 Å². The van der Waals surface area contributed by atoms with Crippen molar-refractivity contribution in [1.82, 2.24) is 0 Å². The third kappa shape index (κ3) is 5.44. The molecule has 0 saturated carbocycles. The van der Waals surface area contributed by atoms with Crippen LogP contribution in [0, 0.1) is 0 Å². The molecule has 2 N–H and O–H groups in total. The maximum Gasteiger partial charge on any atom is 0.306 e. The normalized spacial score (nSPS) is 10.8. The Kier molecular flexibility index (Phi) is 6.90. The van der Waals surface area contributed by atoms with E-state index in [2.05, 4.69) is 10.5 Å². The minimum atomic E-state index is -0.920. The van der Waals surface area contributed by atoms with Crippen molar-refractivity contribution >= 4 is 46.8 Å². The zero-order valence-corrected chi connectivity index (χ0v) is 14.2. The number of hydrogen-bond acceptors (Lipinski definition) is 4. The molecule has 0 aliphatic rings. The van der Waals surface area contributed by atoms with Crippen LogP contribution in [-0.2, 0) is 16.1 Å². The first kappa shape index (κ1) is 18.1. The molecule has 2 aromatic carbocycles. The van der Waals surface area contributed by atoms with E-state index >= 15 is 0 Å². The highest BCUT2D eigenvalue weighted by molar-refractivity contribution is 6.39. The summed E-state index contributed by atoms with van der Waals surface area (Å²) in [6.45, 7) is 0.0426. The zero-order valence-electron chi connectivity index (χ0n) is 12.7. The fraction of sp³-hybridized carbons (Fsp3) is 0.176. The first-order valence-electron chi connectivity index (χ1n) is 7.22. The average Bonchev–Trinajstić information content (AvgIpc) is 2.55. The Balaban J connectivity index is 2.02. The minimum Gasteiger partial charge on any atom is -0.481 e. The molecule has 0 radical (unpaired) electrons. The summed E-state index contributed by atoms with van der Waals surface area (Å²) in [5.41, 5.74) is 2.46. The van der Waals surface area contributed by atoms with E-state index in [-0.39, 0.29) is 13.0 Å². The van der Waals surface area contributed by atoms with Crippen LogP contribution in [0.15, 0.2) is 47.6 Å². The number of para-hydroxylation sites is 2. The topological polar surface area (TPSA) is 70.9 Å². The van der Waals surface area contributed by atoms with E-state index in [1.807, 2.05) is 24.3 Å². The fourth-order valence-corrected chi connectivity index (χ4v) is 2.44. The van der Waals surface area contributed by atoms with Crippen molar-refractivity contribution in [1.29, 1.82) is 0 Å². The van der Waals surface area contributed by atoms with E-state index in [0.29, 0.717) is 22.2 Å². The largest absolute Gasteiger partial charge is 0.481 e. The number of carbonyl (C=O) groups is 1. The Labute approximate surface area is 149 Å². The smallest absolute Gasteiger partial charge is 0.306 e. The maximum atomic E-state index is 10.4. The molecule has 2 aromatic rings. The Morgan fingerprint density at radius 1 is 1.17 bits per heavy atom. The van der Waals surface area contributed by atoms with Crippen LogP contribution in [0.4, 0.5) is 11.4 Å². The van der Waals surface area contributed by atoms with Crippen LogP contribution in [0.25, 0.3) is 0 Å². The summed E-state index contributed by atoms with van der Waals surface area (Å²) in [7, 11) is 0. The molecule has 0 atom stereocenters. The van der Waals surface area contributed by atoms with Crippen molar-refractivity contribution in [3.8, 4) is 0 Å². The number of benzene rings is 2. The van der Waals surface area contributed by atoms with Gasteiger partial charge in [-0.3, -0.25) is 4.79 Å². The number of rotatable bonds is 8. The molecule has 0 spiro atoms. The number of aliphatic carboxylic acids is 1. The van der Waals surface area contributed by atoms with Crippen LogP contribution < -0.4 is 5.32 Å². The van der Waals surface area contributed by atoms with Crippen molar-refractivity contribution in [3.63, 3.8) is 0 Å². The lowest BCUT2D eigenvalue weighted by Gasteiger charge is -2.13. The number of nitrogens with one attached hydrogen (secondary N) is 1. The number of anilines is 2. The molecule has 5 nitrogen and oxygen atoms in total. The number of hydrogen-bond donors (Lipinski definition) is 2. The summed E-state index contributed by atoms with van der Waals surface area (Å²) >= 11 is 12.4. The number of nitrogens with zero attached hydrogens (tertiary/aromatic N) is 1. The molecule has 0 saturated heterocycles. The third-order valence-corrected chi connectivity index (χ3v) is 3.74. The quantitative estimate of drug-likeness (QED) is 0.401. The number of carboxylic acids is 1. The Bertz CT molecular complexity index is 715. The molecule has 0 aliphatic carbocycles. The van der Waals surface area contributed by atoms with E-state index in [1.54, 1.807) is 24.4 Å². The highest BCUT2D eigenvalue weighted by Gasteiger charge is 2.08.